The van der Waals surface area contributed by atoms with E-state index in [2.05, 4.69) is 15.9 Å². The summed E-state index contributed by atoms with van der Waals surface area (Å²) in [5.41, 5.74) is 0.810. The molecule has 0 aliphatic carbocycles. The van der Waals surface area contributed by atoms with Gasteiger partial charge >= 0.3 is 0 Å². The first-order valence-corrected chi connectivity index (χ1v) is 4.16. The Bertz CT molecular complexity index is 188. The smallest absolute Gasteiger partial charge is 0.103 e. The second-order valence-corrected chi connectivity index (χ2v) is 3.35. The molecule has 0 aromatic carbocycles. The Labute approximate surface area is 75.4 Å². The van der Waals surface area contributed by atoms with Crippen LogP contribution in [0.5, 0.6) is 0 Å². The Morgan fingerprint density at radius 3 is 2.18 bits per heavy atom. The fourth-order valence-corrected chi connectivity index (χ4v) is 0.786. The van der Waals surface area contributed by atoms with Crippen molar-refractivity contribution in [3.8, 4) is 0 Å². The number of aliphatic hydroxyl groups excluding tert-OH is 2. The molecule has 0 unspecified atom stereocenters. The van der Waals surface area contributed by atoms with E-state index in [1.807, 2.05) is 0 Å². The SMILES string of the molecule is CC(=C/C(Br)=C(\C)O)[C@H](C)O. The zero-order valence-corrected chi connectivity index (χ0v) is 8.51. The van der Waals surface area contributed by atoms with Gasteiger partial charge in [-0.2, -0.15) is 0 Å². The van der Waals surface area contributed by atoms with Crippen LogP contribution in [0.25, 0.3) is 0 Å². The summed E-state index contributed by atoms with van der Waals surface area (Å²) < 4.78 is 0.607. The molecule has 64 valence electrons. The molecule has 0 rings (SSSR count). The van der Waals surface area contributed by atoms with Gasteiger partial charge in [-0.25, -0.2) is 0 Å². The summed E-state index contributed by atoms with van der Waals surface area (Å²) in [7, 11) is 0. The van der Waals surface area contributed by atoms with Gasteiger partial charge in [0.05, 0.1) is 10.6 Å². The largest absolute Gasteiger partial charge is 0.511 e. The van der Waals surface area contributed by atoms with E-state index >= 15 is 0 Å². The average Bonchev–Trinajstić information content (AvgIpc) is 1.87. The first-order valence-electron chi connectivity index (χ1n) is 3.36. The molecule has 0 radical (unpaired) electrons. The lowest BCUT2D eigenvalue weighted by Crippen LogP contribution is -2.00. The molecule has 0 aromatic rings. The van der Waals surface area contributed by atoms with Crippen molar-refractivity contribution in [2.24, 2.45) is 0 Å². The van der Waals surface area contributed by atoms with Crippen molar-refractivity contribution in [3.63, 3.8) is 0 Å². The van der Waals surface area contributed by atoms with Gasteiger partial charge in [-0.1, -0.05) is 0 Å². The first kappa shape index (κ1) is 10.7. The van der Waals surface area contributed by atoms with Gasteiger partial charge in [0, 0.05) is 0 Å². The Morgan fingerprint density at radius 1 is 1.45 bits per heavy atom. The molecule has 1 atom stereocenters. The van der Waals surface area contributed by atoms with E-state index in [-0.39, 0.29) is 5.76 Å². The van der Waals surface area contributed by atoms with Gasteiger partial charge in [0.2, 0.25) is 0 Å². The van der Waals surface area contributed by atoms with E-state index in [1.165, 1.54) is 0 Å². The minimum absolute atomic E-state index is 0.213. The normalized spacial score (nSPS) is 17.7. The molecular weight excluding hydrogens is 208 g/mol. The summed E-state index contributed by atoms with van der Waals surface area (Å²) in [4.78, 5) is 0. The summed E-state index contributed by atoms with van der Waals surface area (Å²) in [6.45, 7) is 5.06. The lowest BCUT2D eigenvalue weighted by Gasteiger charge is -2.03. The fraction of sp³-hybridized carbons (Fsp3) is 0.500. The zero-order valence-electron chi connectivity index (χ0n) is 6.93. The van der Waals surface area contributed by atoms with Crippen LogP contribution in [-0.2, 0) is 0 Å². The first-order chi connectivity index (χ1) is 4.95. The van der Waals surface area contributed by atoms with Crippen LogP contribution in [0.1, 0.15) is 20.8 Å². The monoisotopic (exact) mass is 220 g/mol. The summed E-state index contributed by atoms with van der Waals surface area (Å²) in [6, 6.07) is 0. The molecule has 0 bridgehead atoms. The van der Waals surface area contributed by atoms with Crippen LogP contribution in [0.3, 0.4) is 0 Å². The quantitative estimate of drug-likeness (QED) is 0.555. The average molecular weight is 221 g/mol. The van der Waals surface area contributed by atoms with E-state index < -0.39 is 6.10 Å². The second-order valence-electron chi connectivity index (χ2n) is 2.50. The molecule has 0 spiro atoms. The number of hydrogen-bond acceptors (Lipinski definition) is 2. The van der Waals surface area contributed by atoms with Gasteiger partial charge in [0.1, 0.15) is 5.76 Å². The number of hydrogen-bond donors (Lipinski definition) is 2. The predicted molar refractivity (Wildman–Crippen MR) is 49.7 cm³/mol. The fourth-order valence-electron chi connectivity index (χ4n) is 0.425. The minimum atomic E-state index is -0.470. The molecule has 11 heavy (non-hydrogen) atoms. The maximum absolute atomic E-state index is 9.06. The molecule has 0 aliphatic heterocycles. The maximum Gasteiger partial charge on any atom is 0.103 e. The maximum atomic E-state index is 9.06. The molecular formula is C8H13BrO2. The van der Waals surface area contributed by atoms with Crippen molar-refractivity contribution in [1.82, 2.24) is 0 Å². The summed E-state index contributed by atoms with van der Waals surface area (Å²) >= 11 is 3.15. The molecule has 3 heteroatoms. The zero-order chi connectivity index (χ0) is 9.02. The highest BCUT2D eigenvalue weighted by atomic mass is 79.9. The van der Waals surface area contributed by atoms with Gasteiger partial charge in [-0.3, -0.25) is 0 Å². The Morgan fingerprint density at radius 2 is 1.91 bits per heavy atom. The van der Waals surface area contributed by atoms with Crippen molar-refractivity contribution in [1.29, 1.82) is 0 Å². The van der Waals surface area contributed by atoms with Gasteiger partial charge in [0.15, 0.2) is 0 Å². The van der Waals surface area contributed by atoms with Crippen LogP contribution in [0.15, 0.2) is 21.9 Å². The lowest BCUT2D eigenvalue weighted by molar-refractivity contribution is 0.231. The molecule has 0 aliphatic rings. The Kier molecular flexibility index (Phi) is 4.45. The third kappa shape index (κ3) is 4.22. The minimum Gasteiger partial charge on any atom is -0.511 e. The van der Waals surface area contributed by atoms with Crippen LogP contribution in [0, 0.1) is 0 Å². The number of aliphatic hydroxyl groups is 2. The van der Waals surface area contributed by atoms with Crippen molar-refractivity contribution < 1.29 is 10.2 Å². The highest BCUT2D eigenvalue weighted by Crippen LogP contribution is 2.14. The van der Waals surface area contributed by atoms with Crippen molar-refractivity contribution in [3.05, 3.63) is 21.9 Å². The molecule has 0 heterocycles. The third-order valence-corrected chi connectivity index (χ3v) is 2.16. The van der Waals surface area contributed by atoms with Crippen LogP contribution in [0.4, 0.5) is 0 Å². The van der Waals surface area contributed by atoms with E-state index in [4.69, 9.17) is 10.2 Å². The molecule has 0 amide bonds. The van der Waals surface area contributed by atoms with Gasteiger partial charge in [0.25, 0.3) is 0 Å². The predicted octanol–water partition coefficient (Wildman–Crippen LogP) is 2.50. The van der Waals surface area contributed by atoms with Crippen molar-refractivity contribution >= 4 is 15.9 Å². The Balaban J connectivity index is 4.44. The van der Waals surface area contributed by atoms with Crippen molar-refractivity contribution in [2.45, 2.75) is 26.9 Å². The van der Waals surface area contributed by atoms with E-state index in [0.29, 0.717) is 4.48 Å². The van der Waals surface area contributed by atoms with Gasteiger partial charge in [-0.05, 0) is 48.4 Å². The molecule has 2 nitrogen and oxygen atoms in total. The van der Waals surface area contributed by atoms with Crippen molar-refractivity contribution in [2.75, 3.05) is 0 Å². The van der Waals surface area contributed by atoms with Crippen LogP contribution in [-0.4, -0.2) is 16.3 Å². The van der Waals surface area contributed by atoms with Crippen LogP contribution < -0.4 is 0 Å². The number of halogens is 1. The van der Waals surface area contributed by atoms with Crippen LogP contribution in [0.2, 0.25) is 0 Å². The van der Waals surface area contributed by atoms with E-state index in [9.17, 15) is 0 Å². The molecule has 2 N–H and O–H groups in total. The van der Waals surface area contributed by atoms with Gasteiger partial charge < -0.3 is 10.2 Å². The Hall–Kier alpha value is -0.280. The van der Waals surface area contributed by atoms with Crippen LogP contribution >= 0.6 is 15.9 Å². The third-order valence-electron chi connectivity index (χ3n) is 1.36. The molecule has 0 fully saturated rings. The molecule has 0 saturated heterocycles. The summed E-state index contributed by atoms with van der Waals surface area (Å²) in [5, 5.41) is 18.0. The number of allylic oxidation sites excluding steroid dienone is 3. The van der Waals surface area contributed by atoms with E-state index in [1.54, 1.807) is 26.8 Å². The van der Waals surface area contributed by atoms with E-state index in [0.717, 1.165) is 5.57 Å². The second kappa shape index (κ2) is 4.57. The topological polar surface area (TPSA) is 40.5 Å². The highest BCUT2D eigenvalue weighted by molar-refractivity contribution is 9.11. The highest BCUT2D eigenvalue weighted by Gasteiger charge is 1.99. The molecule has 0 saturated carbocycles. The molecule has 0 aromatic heterocycles. The lowest BCUT2D eigenvalue weighted by atomic mass is 10.2. The van der Waals surface area contributed by atoms with Gasteiger partial charge in [-0.15, -0.1) is 0 Å². The number of rotatable bonds is 2. The summed E-state index contributed by atoms with van der Waals surface area (Å²) in [5.74, 6) is 0.213. The standard InChI is InChI=1S/C8H13BrO2/c1-5(6(2)10)4-8(9)7(3)11/h4,6,10-11H,1-3H3/b5-4?,8-7-/t6-/m0/s1. The summed E-state index contributed by atoms with van der Waals surface area (Å²) in [6.07, 6.45) is 1.22.